The molecule has 3 rings (SSSR count). The zero-order valence-corrected chi connectivity index (χ0v) is 15.4. The molecule has 2 aromatic rings. The number of pyridine rings is 1. The zero-order valence-electron chi connectivity index (χ0n) is 13.8. The van der Waals surface area contributed by atoms with Crippen LogP contribution in [0.4, 0.5) is 24.5 Å². The SMILES string of the molecule is O=S(=O)(Nc1cc(C(F)(F)F)ccc1N1CCOCC1)c1cccnc1Cl. The monoisotopic (exact) mass is 421 g/mol. The van der Waals surface area contributed by atoms with Crippen molar-refractivity contribution in [3.8, 4) is 0 Å². The molecule has 0 radical (unpaired) electrons. The lowest BCUT2D eigenvalue weighted by Gasteiger charge is -2.31. The van der Waals surface area contributed by atoms with Gasteiger partial charge in [0.05, 0.1) is 30.2 Å². The molecular formula is C16H15ClF3N3O3S. The maximum atomic E-state index is 13.1. The van der Waals surface area contributed by atoms with E-state index in [2.05, 4.69) is 9.71 Å². The Hall–Kier alpha value is -2.04. The van der Waals surface area contributed by atoms with Crippen molar-refractivity contribution in [3.63, 3.8) is 0 Å². The van der Waals surface area contributed by atoms with E-state index in [1.807, 2.05) is 0 Å². The van der Waals surface area contributed by atoms with Crippen LogP contribution in [0.25, 0.3) is 0 Å². The van der Waals surface area contributed by atoms with Crippen LogP contribution in [0.15, 0.2) is 41.4 Å². The highest BCUT2D eigenvalue weighted by atomic mass is 35.5. The van der Waals surface area contributed by atoms with Crippen molar-refractivity contribution in [2.75, 3.05) is 35.9 Å². The number of morpholine rings is 1. The molecule has 146 valence electrons. The smallest absolute Gasteiger partial charge is 0.378 e. The van der Waals surface area contributed by atoms with E-state index in [1.54, 1.807) is 4.90 Å². The van der Waals surface area contributed by atoms with Gasteiger partial charge in [0.1, 0.15) is 10.0 Å². The number of alkyl halides is 3. The number of hydrogen-bond acceptors (Lipinski definition) is 5. The molecule has 1 N–H and O–H groups in total. The summed E-state index contributed by atoms with van der Waals surface area (Å²) < 4.78 is 72.1. The van der Waals surface area contributed by atoms with Crippen molar-refractivity contribution in [3.05, 3.63) is 47.2 Å². The van der Waals surface area contributed by atoms with Gasteiger partial charge in [0, 0.05) is 19.3 Å². The summed E-state index contributed by atoms with van der Waals surface area (Å²) in [7, 11) is -4.24. The number of ether oxygens (including phenoxy) is 1. The summed E-state index contributed by atoms with van der Waals surface area (Å²) in [6.07, 6.45) is -3.31. The molecule has 0 saturated carbocycles. The lowest BCUT2D eigenvalue weighted by molar-refractivity contribution is -0.137. The number of nitrogens with zero attached hydrogens (tertiary/aromatic N) is 2. The number of aromatic nitrogens is 1. The number of hydrogen-bond donors (Lipinski definition) is 1. The Morgan fingerprint density at radius 2 is 1.89 bits per heavy atom. The van der Waals surface area contributed by atoms with E-state index < -0.39 is 21.8 Å². The number of benzene rings is 1. The Bertz CT molecular complexity index is 932. The Morgan fingerprint density at radius 1 is 1.19 bits per heavy atom. The first kappa shape index (κ1) is 19.7. The molecule has 0 bridgehead atoms. The largest absolute Gasteiger partial charge is 0.416 e. The lowest BCUT2D eigenvalue weighted by atomic mass is 10.1. The molecule has 1 aliphatic heterocycles. The van der Waals surface area contributed by atoms with Gasteiger partial charge in [0.15, 0.2) is 0 Å². The van der Waals surface area contributed by atoms with Crippen LogP contribution in [0.1, 0.15) is 5.56 Å². The van der Waals surface area contributed by atoms with Crippen molar-refractivity contribution in [2.24, 2.45) is 0 Å². The summed E-state index contributed by atoms with van der Waals surface area (Å²) in [6.45, 7) is 1.63. The average molecular weight is 422 g/mol. The second-order valence-corrected chi connectivity index (χ2v) is 7.74. The van der Waals surface area contributed by atoms with Gasteiger partial charge in [0.2, 0.25) is 0 Å². The van der Waals surface area contributed by atoms with E-state index in [0.29, 0.717) is 32.0 Å². The molecule has 11 heteroatoms. The first-order chi connectivity index (χ1) is 12.7. The fourth-order valence-corrected chi connectivity index (χ4v) is 4.16. The van der Waals surface area contributed by atoms with Crippen molar-refractivity contribution in [1.82, 2.24) is 4.98 Å². The first-order valence-electron chi connectivity index (χ1n) is 7.86. The van der Waals surface area contributed by atoms with Gasteiger partial charge in [-0.15, -0.1) is 0 Å². The number of nitrogens with one attached hydrogen (secondary N) is 1. The van der Waals surface area contributed by atoms with Crippen LogP contribution in [-0.4, -0.2) is 39.7 Å². The molecule has 0 unspecified atom stereocenters. The molecule has 1 aromatic heterocycles. The second-order valence-electron chi connectivity index (χ2n) is 5.73. The molecular weight excluding hydrogens is 407 g/mol. The van der Waals surface area contributed by atoms with E-state index in [-0.39, 0.29) is 15.7 Å². The second kappa shape index (κ2) is 7.53. The fraction of sp³-hybridized carbons (Fsp3) is 0.312. The number of sulfonamides is 1. The van der Waals surface area contributed by atoms with E-state index >= 15 is 0 Å². The summed E-state index contributed by atoms with van der Waals surface area (Å²) in [5.74, 6) is 0. The number of rotatable bonds is 4. The van der Waals surface area contributed by atoms with E-state index in [9.17, 15) is 21.6 Å². The van der Waals surface area contributed by atoms with Crippen molar-refractivity contribution >= 4 is 33.0 Å². The topological polar surface area (TPSA) is 71.5 Å². The molecule has 1 saturated heterocycles. The van der Waals surface area contributed by atoms with Gasteiger partial charge in [-0.05, 0) is 30.3 Å². The standard InChI is InChI=1S/C16H15ClF3N3O3S/c17-15-14(2-1-5-21-15)27(24,25)22-12-10-11(16(18,19)20)3-4-13(12)23-6-8-26-9-7-23/h1-5,10,22H,6-9H2. The molecule has 0 amide bonds. The summed E-state index contributed by atoms with van der Waals surface area (Å²) in [5.41, 5.74) is -0.823. The maximum Gasteiger partial charge on any atom is 0.416 e. The Labute approximate surface area is 159 Å². The van der Waals surface area contributed by atoms with Gasteiger partial charge < -0.3 is 9.64 Å². The third-order valence-electron chi connectivity index (χ3n) is 3.93. The van der Waals surface area contributed by atoms with E-state index in [0.717, 1.165) is 12.1 Å². The van der Waals surface area contributed by atoms with Crippen LogP contribution >= 0.6 is 11.6 Å². The maximum absolute atomic E-state index is 13.1. The number of halogens is 4. The molecule has 0 atom stereocenters. The predicted molar refractivity (Wildman–Crippen MR) is 94.5 cm³/mol. The molecule has 1 aliphatic rings. The molecule has 27 heavy (non-hydrogen) atoms. The molecule has 1 fully saturated rings. The van der Waals surface area contributed by atoms with Crippen LogP contribution in [-0.2, 0) is 20.9 Å². The Kier molecular flexibility index (Phi) is 5.50. The normalized spacial score (nSPS) is 15.6. The third kappa shape index (κ3) is 4.45. The summed E-state index contributed by atoms with van der Waals surface area (Å²) in [6, 6.07) is 5.53. The summed E-state index contributed by atoms with van der Waals surface area (Å²) in [5, 5.41) is -0.273. The van der Waals surface area contributed by atoms with Gasteiger partial charge in [-0.3, -0.25) is 4.72 Å². The predicted octanol–water partition coefficient (Wildman–Crippen LogP) is 3.39. The Morgan fingerprint density at radius 3 is 2.52 bits per heavy atom. The van der Waals surface area contributed by atoms with E-state index in [4.69, 9.17) is 16.3 Å². The minimum atomic E-state index is -4.62. The van der Waals surface area contributed by atoms with Gasteiger partial charge >= 0.3 is 6.18 Å². The third-order valence-corrected chi connectivity index (χ3v) is 5.74. The summed E-state index contributed by atoms with van der Waals surface area (Å²) >= 11 is 5.83. The molecule has 6 nitrogen and oxygen atoms in total. The van der Waals surface area contributed by atoms with Crippen molar-refractivity contribution in [2.45, 2.75) is 11.1 Å². The molecule has 1 aromatic carbocycles. The minimum Gasteiger partial charge on any atom is -0.378 e. The van der Waals surface area contributed by atoms with Gasteiger partial charge in [-0.25, -0.2) is 13.4 Å². The highest BCUT2D eigenvalue weighted by molar-refractivity contribution is 7.92. The Balaban J connectivity index is 2.04. The van der Waals surface area contributed by atoms with Crippen molar-refractivity contribution in [1.29, 1.82) is 0 Å². The van der Waals surface area contributed by atoms with Gasteiger partial charge in [0.25, 0.3) is 10.0 Å². The van der Waals surface area contributed by atoms with Crippen molar-refractivity contribution < 1.29 is 26.3 Å². The van der Waals surface area contributed by atoms with Crippen LogP contribution in [0.3, 0.4) is 0 Å². The average Bonchev–Trinajstić information content (AvgIpc) is 2.61. The van der Waals surface area contributed by atoms with E-state index in [1.165, 1.54) is 24.4 Å². The number of anilines is 2. The van der Waals surface area contributed by atoms with Crippen LogP contribution in [0.5, 0.6) is 0 Å². The van der Waals surface area contributed by atoms with Gasteiger partial charge in [-0.2, -0.15) is 13.2 Å². The quantitative estimate of drug-likeness (QED) is 0.766. The van der Waals surface area contributed by atoms with Crippen LogP contribution in [0, 0.1) is 0 Å². The fourth-order valence-electron chi connectivity index (χ4n) is 2.65. The molecule has 2 heterocycles. The minimum absolute atomic E-state index is 0.188. The highest BCUT2D eigenvalue weighted by Crippen LogP contribution is 2.37. The first-order valence-corrected chi connectivity index (χ1v) is 9.72. The van der Waals surface area contributed by atoms with Crippen LogP contribution < -0.4 is 9.62 Å². The lowest BCUT2D eigenvalue weighted by Crippen LogP contribution is -2.36. The molecule has 0 spiro atoms. The highest BCUT2D eigenvalue weighted by Gasteiger charge is 2.32. The van der Waals surface area contributed by atoms with Gasteiger partial charge in [-0.1, -0.05) is 11.6 Å². The zero-order chi connectivity index (χ0) is 19.7. The van der Waals surface area contributed by atoms with Crippen LogP contribution in [0.2, 0.25) is 5.15 Å². The molecule has 0 aliphatic carbocycles. The summed E-state index contributed by atoms with van der Waals surface area (Å²) in [4.78, 5) is 5.13.